The van der Waals surface area contributed by atoms with Gasteiger partial charge in [0.25, 0.3) is 5.91 Å². The molecule has 6 rings (SSSR count). The van der Waals surface area contributed by atoms with Crippen LogP contribution in [0.2, 0.25) is 0 Å². The summed E-state index contributed by atoms with van der Waals surface area (Å²) in [5.74, 6) is 5.53. The van der Waals surface area contributed by atoms with E-state index < -0.39 is 48.3 Å². The average molecular weight is 630 g/mol. The Balaban J connectivity index is 1.06. The summed E-state index contributed by atoms with van der Waals surface area (Å²) in [6, 6.07) is 4.22. The molecule has 0 bridgehead atoms. The summed E-state index contributed by atoms with van der Waals surface area (Å²) in [4.78, 5) is 39.3. The van der Waals surface area contributed by atoms with E-state index in [1.54, 1.807) is 0 Å². The molecule has 45 heavy (non-hydrogen) atoms. The van der Waals surface area contributed by atoms with Crippen LogP contribution in [-0.4, -0.2) is 84.1 Å². The Labute approximate surface area is 254 Å². The Morgan fingerprint density at radius 3 is 2.60 bits per heavy atom. The van der Waals surface area contributed by atoms with Crippen LogP contribution in [0.3, 0.4) is 0 Å². The third kappa shape index (κ3) is 6.65. The van der Waals surface area contributed by atoms with Gasteiger partial charge in [-0.3, -0.25) is 9.36 Å². The van der Waals surface area contributed by atoms with Crippen LogP contribution in [-0.2, 0) is 15.7 Å². The summed E-state index contributed by atoms with van der Waals surface area (Å²) in [6.07, 6.45) is -5.85. The van der Waals surface area contributed by atoms with Crippen LogP contribution >= 0.6 is 0 Å². The topological polar surface area (TPSA) is 178 Å². The molecule has 0 spiro atoms. The van der Waals surface area contributed by atoms with E-state index in [9.17, 15) is 33.0 Å². The number of carbonyl (C=O) groups is 2. The number of aliphatic hydroxyl groups excluding tert-OH is 2. The molecule has 3 aromatic rings. The van der Waals surface area contributed by atoms with E-state index in [1.165, 1.54) is 27.9 Å². The molecule has 238 valence electrons. The summed E-state index contributed by atoms with van der Waals surface area (Å²) in [5.41, 5.74) is 5.64. The molecule has 2 aliphatic heterocycles. The van der Waals surface area contributed by atoms with Crippen molar-refractivity contribution < 1.29 is 42.4 Å². The van der Waals surface area contributed by atoms with Crippen molar-refractivity contribution in [1.29, 1.82) is 0 Å². The van der Waals surface area contributed by atoms with Gasteiger partial charge in [0.2, 0.25) is 5.82 Å². The number of ether oxygens (including phenoxy) is 2. The molecule has 3 aliphatic rings. The van der Waals surface area contributed by atoms with E-state index >= 15 is 0 Å². The zero-order valence-electron chi connectivity index (χ0n) is 23.8. The van der Waals surface area contributed by atoms with Gasteiger partial charge in [0.15, 0.2) is 23.8 Å². The summed E-state index contributed by atoms with van der Waals surface area (Å²) >= 11 is 0. The number of aromatic nitrogens is 4. The second-order valence-electron chi connectivity index (χ2n) is 11.3. The van der Waals surface area contributed by atoms with Crippen LogP contribution in [0.15, 0.2) is 30.6 Å². The number of aliphatic hydroxyl groups is 2. The number of fused-ring (bicyclic) bond motifs is 1. The standard InChI is InChI=1S/C29H30F3N7O6/c30-29(31,32)16-4-2-5-18(13-16)44-28(43)38-11-9-15(10-12-38)3-1-6-19-36-24(33)20-25(37-19)39(14-34-20)27-22(41)21(40)23(45-27)26(42)35-17-7-8-17/h2,4-5,13-15,17,21-23,27,40-41H,3,7-12H2,(H,35,42)(H2,33,36,37)/t21-,22+,23?,27?/m1/s1. The third-order valence-corrected chi connectivity index (χ3v) is 7.97. The Hall–Kier alpha value is -4.46. The lowest BCUT2D eigenvalue weighted by Gasteiger charge is -2.30. The minimum atomic E-state index is -4.54. The van der Waals surface area contributed by atoms with Gasteiger partial charge in [-0.25, -0.2) is 19.7 Å². The molecule has 3 fully saturated rings. The number of nitrogens with zero attached hydrogens (tertiary/aromatic N) is 5. The number of carbonyl (C=O) groups excluding carboxylic acids is 2. The Bertz CT molecular complexity index is 1660. The summed E-state index contributed by atoms with van der Waals surface area (Å²) in [6.45, 7) is 0.710. The number of halogens is 3. The van der Waals surface area contributed by atoms with Crippen molar-refractivity contribution in [1.82, 2.24) is 29.7 Å². The zero-order chi connectivity index (χ0) is 31.9. The van der Waals surface area contributed by atoms with Gasteiger partial charge < -0.3 is 35.6 Å². The number of likely N-dealkylation sites (tertiary alicyclic amines) is 1. The maximum Gasteiger partial charge on any atom is 0.416 e. The number of amides is 2. The molecule has 16 heteroatoms. The number of rotatable bonds is 5. The van der Waals surface area contributed by atoms with Crippen molar-refractivity contribution in [2.24, 2.45) is 5.92 Å². The fourth-order valence-corrected chi connectivity index (χ4v) is 5.29. The number of nitrogens with one attached hydrogen (secondary N) is 1. The summed E-state index contributed by atoms with van der Waals surface area (Å²) in [7, 11) is 0. The zero-order valence-corrected chi connectivity index (χ0v) is 23.8. The minimum absolute atomic E-state index is 0.0479. The number of hydrogen-bond donors (Lipinski definition) is 4. The van der Waals surface area contributed by atoms with Crippen LogP contribution in [0.25, 0.3) is 11.2 Å². The van der Waals surface area contributed by atoms with E-state index in [4.69, 9.17) is 15.2 Å². The molecule has 2 unspecified atom stereocenters. The molecule has 4 atom stereocenters. The van der Waals surface area contributed by atoms with Gasteiger partial charge in [-0.15, -0.1) is 0 Å². The first-order valence-electron chi connectivity index (χ1n) is 14.4. The van der Waals surface area contributed by atoms with Crippen LogP contribution < -0.4 is 15.8 Å². The maximum absolute atomic E-state index is 13.0. The number of hydrogen-bond acceptors (Lipinski definition) is 10. The van der Waals surface area contributed by atoms with Gasteiger partial charge in [-0.1, -0.05) is 12.0 Å². The lowest BCUT2D eigenvalue weighted by atomic mass is 9.94. The maximum atomic E-state index is 13.0. The second kappa shape index (κ2) is 12.1. The van der Waals surface area contributed by atoms with Gasteiger partial charge in [0, 0.05) is 25.6 Å². The monoisotopic (exact) mass is 629 g/mol. The fourth-order valence-electron chi connectivity index (χ4n) is 5.29. The number of benzene rings is 1. The molecule has 1 aliphatic carbocycles. The number of alkyl halides is 3. The normalized spacial score (nSPS) is 23.9. The highest BCUT2D eigenvalue weighted by Crippen LogP contribution is 2.34. The third-order valence-electron chi connectivity index (χ3n) is 7.97. The second-order valence-corrected chi connectivity index (χ2v) is 11.3. The predicted octanol–water partition coefficient (Wildman–Crippen LogP) is 1.98. The van der Waals surface area contributed by atoms with Crippen molar-refractivity contribution in [3.8, 4) is 17.6 Å². The van der Waals surface area contributed by atoms with Crippen LogP contribution in [0, 0.1) is 17.8 Å². The Morgan fingerprint density at radius 2 is 1.89 bits per heavy atom. The van der Waals surface area contributed by atoms with Crippen molar-refractivity contribution in [3.63, 3.8) is 0 Å². The number of nitrogens with two attached hydrogens (primary N) is 1. The summed E-state index contributed by atoms with van der Waals surface area (Å²) in [5, 5.41) is 23.9. The first kappa shape index (κ1) is 30.6. The van der Waals surface area contributed by atoms with Gasteiger partial charge in [0.1, 0.15) is 23.5 Å². The molecule has 2 amide bonds. The largest absolute Gasteiger partial charge is 0.416 e. The van der Waals surface area contributed by atoms with Crippen LogP contribution in [0.5, 0.6) is 5.75 Å². The molecule has 2 aromatic heterocycles. The van der Waals surface area contributed by atoms with Gasteiger partial charge in [-0.2, -0.15) is 13.2 Å². The SMILES string of the molecule is Nc1nc(C#CCC2CCN(C(=O)Oc3cccc(C(F)(F)F)c3)CC2)nc2c1ncn2C1OC(C(=O)NC2CC2)[C@H](O)[C@@H]1O. The van der Waals surface area contributed by atoms with Gasteiger partial charge >= 0.3 is 12.3 Å². The first-order chi connectivity index (χ1) is 21.5. The van der Waals surface area contributed by atoms with Crippen LogP contribution in [0.4, 0.5) is 23.8 Å². The number of nitrogen functional groups attached to an aromatic ring is 1. The molecule has 5 N–H and O–H groups in total. The lowest BCUT2D eigenvalue weighted by Crippen LogP contribution is -2.43. The first-order valence-corrected chi connectivity index (χ1v) is 14.4. The smallest absolute Gasteiger partial charge is 0.410 e. The molecule has 0 radical (unpaired) electrons. The number of anilines is 1. The number of imidazole rings is 1. The predicted molar refractivity (Wildman–Crippen MR) is 150 cm³/mol. The highest BCUT2D eigenvalue weighted by molar-refractivity contribution is 5.83. The fraction of sp³-hybridized carbons (Fsp3) is 0.483. The average Bonchev–Trinajstić information content (AvgIpc) is 3.64. The quantitative estimate of drug-likeness (QED) is 0.305. The lowest BCUT2D eigenvalue weighted by molar-refractivity contribution is -0.138. The van der Waals surface area contributed by atoms with Crippen molar-refractivity contribution in [3.05, 3.63) is 42.0 Å². The molecule has 2 saturated heterocycles. The minimum Gasteiger partial charge on any atom is -0.410 e. The van der Waals surface area contributed by atoms with E-state index in [1.807, 2.05) is 0 Å². The molecular formula is C29H30F3N7O6. The molecule has 1 saturated carbocycles. The van der Waals surface area contributed by atoms with Crippen molar-refractivity contribution in [2.75, 3.05) is 18.8 Å². The van der Waals surface area contributed by atoms with Crippen LogP contribution in [0.1, 0.15) is 49.7 Å². The van der Waals surface area contributed by atoms with E-state index in [2.05, 4.69) is 32.1 Å². The Morgan fingerprint density at radius 1 is 1.13 bits per heavy atom. The molecule has 4 heterocycles. The van der Waals surface area contributed by atoms with Gasteiger partial charge in [0.05, 0.1) is 11.9 Å². The molecule has 13 nitrogen and oxygen atoms in total. The summed E-state index contributed by atoms with van der Waals surface area (Å²) < 4.78 is 51.1. The van der Waals surface area contributed by atoms with E-state index in [-0.39, 0.29) is 40.5 Å². The Kier molecular flexibility index (Phi) is 8.25. The molecule has 1 aromatic carbocycles. The van der Waals surface area contributed by atoms with E-state index in [0.29, 0.717) is 32.4 Å². The van der Waals surface area contributed by atoms with E-state index in [0.717, 1.165) is 25.0 Å². The highest BCUT2D eigenvalue weighted by Gasteiger charge is 2.48. The highest BCUT2D eigenvalue weighted by atomic mass is 19.4. The van der Waals surface area contributed by atoms with Gasteiger partial charge in [-0.05, 0) is 55.7 Å². The van der Waals surface area contributed by atoms with Crippen molar-refractivity contribution >= 4 is 29.0 Å². The molecular weight excluding hydrogens is 599 g/mol. The number of piperidine rings is 1. The van der Waals surface area contributed by atoms with Crippen molar-refractivity contribution in [2.45, 2.75) is 68.9 Å².